The fourth-order valence-electron chi connectivity index (χ4n) is 4.12. The first kappa shape index (κ1) is 18.4. The van der Waals surface area contributed by atoms with Crippen LogP contribution in [0.25, 0.3) is 0 Å². The van der Waals surface area contributed by atoms with E-state index in [2.05, 4.69) is 5.32 Å². The average Bonchev–Trinajstić information content (AvgIpc) is 2.79. The molecule has 0 bridgehead atoms. The van der Waals surface area contributed by atoms with Gasteiger partial charge in [0, 0.05) is 24.0 Å². The summed E-state index contributed by atoms with van der Waals surface area (Å²) in [6.07, 6.45) is 0.925. The van der Waals surface area contributed by atoms with Gasteiger partial charge in [0.2, 0.25) is 0 Å². The maximum Gasteiger partial charge on any atom is 0.339 e. The monoisotopic (exact) mass is 399 g/mol. The van der Waals surface area contributed by atoms with Crippen molar-refractivity contribution in [1.29, 1.82) is 0 Å². The van der Waals surface area contributed by atoms with Crippen LogP contribution in [-0.4, -0.2) is 18.5 Å². The van der Waals surface area contributed by atoms with Crippen LogP contribution in [-0.2, 0) is 11.2 Å². The third-order valence-electron chi connectivity index (χ3n) is 5.68. The van der Waals surface area contributed by atoms with Crippen molar-refractivity contribution in [3.63, 3.8) is 0 Å². The van der Waals surface area contributed by atoms with E-state index in [4.69, 9.17) is 9.47 Å². The number of fused-ring (bicyclic) bond motifs is 2. The van der Waals surface area contributed by atoms with Gasteiger partial charge in [0.15, 0.2) is 0 Å². The third-order valence-corrected chi connectivity index (χ3v) is 5.68. The molecule has 150 valence electrons. The van der Waals surface area contributed by atoms with Crippen molar-refractivity contribution in [3.05, 3.63) is 101 Å². The largest absolute Gasteiger partial charge is 0.493 e. The quantitative estimate of drug-likeness (QED) is 0.664. The molecule has 2 aliphatic rings. The number of esters is 1. The van der Waals surface area contributed by atoms with E-state index in [0.29, 0.717) is 24.2 Å². The van der Waals surface area contributed by atoms with E-state index in [0.717, 1.165) is 28.9 Å². The summed E-state index contributed by atoms with van der Waals surface area (Å²) in [7, 11) is 0. The lowest BCUT2D eigenvalue weighted by molar-refractivity contribution is 0.0252. The molecule has 0 aromatic heterocycles. The zero-order chi connectivity index (χ0) is 20.5. The Hall–Kier alpha value is -3.60. The zero-order valence-corrected chi connectivity index (χ0v) is 16.3. The van der Waals surface area contributed by atoms with Gasteiger partial charge < -0.3 is 14.8 Å². The second-order valence-electron chi connectivity index (χ2n) is 7.58. The maximum absolute atomic E-state index is 13.0. The number of cyclic esters (lactones) is 1. The van der Waals surface area contributed by atoms with Crippen molar-refractivity contribution in [1.82, 2.24) is 5.32 Å². The second-order valence-corrected chi connectivity index (χ2v) is 7.58. The fourth-order valence-corrected chi connectivity index (χ4v) is 4.12. The second kappa shape index (κ2) is 7.67. The van der Waals surface area contributed by atoms with Crippen LogP contribution >= 0.6 is 0 Å². The average molecular weight is 399 g/mol. The van der Waals surface area contributed by atoms with Crippen molar-refractivity contribution in [2.24, 2.45) is 0 Å². The van der Waals surface area contributed by atoms with Gasteiger partial charge in [0.05, 0.1) is 18.2 Å². The van der Waals surface area contributed by atoms with Gasteiger partial charge >= 0.3 is 5.97 Å². The third kappa shape index (κ3) is 3.43. The fraction of sp³-hybridized carbons (Fsp3) is 0.200. The minimum absolute atomic E-state index is 0.0967. The summed E-state index contributed by atoms with van der Waals surface area (Å²) < 4.78 is 11.3. The van der Waals surface area contributed by atoms with Crippen LogP contribution in [0.1, 0.15) is 56.0 Å². The minimum atomic E-state index is -0.351. The lowest BCUT2D eigenvalue weighted by Crippen LogP contribution is -2.32. The molecule has 0 aliphatic carbocycles. The summed E-state index contributed by atoms with van der Waals surface area (Å²) in [4.78, 5) is 25.4. The molecule has 1 N–H and O–H groups in total. The smallest absolute Gasteiger partial charge is 0.339 e. The number of para-hydroxylation sites is 1. The van der Waals surface area contributed by atoms with Crippen molar-refractivity contribution in [2.45, 2.75) is 25.0 Å². The molecule has 2 aliphatic heterocycles. The Morgan fingerprint density at radius 3 is 2.63 bits per heavy atom. The number of benzene rings is 3. The molecule has 0 unspecified atom stereocenters. The Bertz CT molecular complexity index is 1110. The van der Waals surface area contributed by atoms with Gasteiger partial charge in [0.1, 0.15) is 11.9 Å². The lowest BCUT2D eigenvalue weighted by atomic mass is 9.93. The highest BCUT2D eigenvalue weighted by Crippen LogP contribution is 2.33. The first-order chi connectivity index (χ1) is 14.7. The van der Waals surface area contributed by atoms with Crippen LogP contribution < -0.4 is 10.1 Å². The Kier molecular flexibility index (Phi) is 4.71. The van der Waals surface area contributed by atoms with E-state index in [1.807, 2.05) is 60.7 Å². The summed E-state index contributed by atoms with van der Waals surface area (Å²) in [6.45, 7) is 0.566. The van der Waals surface area contributed by atoms with E-state index in [1.54, 1.807) is 12.1 Å². The Labute approximate surface area is 174 Å². The minimum Gasteiger partial charge on any atom is -0.493 e. The normalized spacial score (nSPS) is 19.7. The topological polar surface area (TPSA) is 64.6 Å². The molecule has 2 atom stereocenters. The molecule has 0 saturated carbocycles. The first-order valence-corrected chi connectivity index (χ1v) is 10.1. The van der Waals surface area contributed by atoms with Gasteiger partial charge in [-0.25, -0.2) is 4.79 Å². The molecule has 5 nitrogen and oxygen atoms in total. The number of hydrogen-bond acceptors (Lipinski definition) is 4. The summed E-state index contributed by atoms with van der Waals surface area (Å²) in [5.41, 5.74) is 3.84. The number of nitrogens with one attached hydrogen (secondary N) is 1. The molecular formula is C25H21NO4. The van der Waals surface area contributed by atoms with Gasteiger partial charge in [-0.15, -0.1) is 0 Å². The summed E-state index contributed by atoms with van der Waals surface area (Å²) >= 11 is 0. The van der Waals surface area contributed by atoms with Crippen molar-refractivity contribution >= 4 is 11.9 Å². The number of ether oxygens (including phenoxy) is 2. The number of amides is 1. The highest BCUT2D eigenvalue weighted by atomic mass is 16.5. The van der Waals surface area contributed by atoms with E-state index in [9.17, 15) is 9.59 Å². The number of carbonyl (C=O) groups is 2. The highest BCUT2D eigenvalue weighted by molar-refractivity contribution is 5.98. The molecule has 3 aromatic carbocycles. The molecule has 2 heterocycles. The molecule has 0 spiro atoms. The highest BCUT2D eigenvalue weighted by Gasteiger charge is 2.29. The van der Waals surface area contributed by atoms with Gasteiger partial charge in [-0.05, 0) is 35.4 Å². The molecule has 1 amide bonds. The molecule has 0 fully saturated rings. The van der Waals surface area contributed by atoms with Crippen LogP contribution in [0.15, 0.2) is 72.8 Å². The molecule has 30 heavy (non-hydrogen) atoms. The van der Waals surface area contributed by atoms with Crippen LogP contribution in [0.4, 0.5) is 0 Å². The molecule has 0 radical (unpaired) electrons. The number of carbonyl (C=O) groups excluding carboxylic acids is 2. The van der Waals surface area contributed by atoms with Crippen LogP contribution in [0.3, 0.4) is 0 Å². The van der Waals surface area contributed by atoms with E-state index < -0.39 is 0 Å². The van der Waals surface area contributed by atoms with E-state index >= 15 is 0 Å². The van der Waals surface area contributed by atoms with Gasteiger partial charge in [-0.1, -0.05) is 48.5 Å². The molecule has 0 saturated heterocycles. The maximum atomic E-state index is 13.0. The molecule has 3 aromatic rings. The van der Waals surface area contributed by atoms with Crippen molar-refractivity contribution in [3.8, 4) is 5.75 Å². The van der Waals surface area contributed by atoms with Crippen LogP contribution in [0.5, 0.6) is 5.75 Å². The lowest BCUT2D eigenvalue weighted by Gasteiger charge is -2.27. The van der Waals surface area contributed by atoms with Crippen LogP contribution in [0, 0.1) is 0 Å². The standard InChI is InChI=1S/C25H21NO4/c27-24(26-21-12-13-29-22-9-5-4-8-20(21)22)17-10-11-19-18(14-17)15-23(30-25(19)28)16-6-2-1-3-7-16/h1-11,14,21,23H,12-13,15H2,(H,26,27)/t21-,23+/m0/s1. The summed E-state index contributed by atoms with van der Waals surface area (Å²) in [6, 6.07) is 22.5. The SMILES string of the molecule is O=C(N[C@H]1CCOc2ccccc21)c1ccc2c(c1)C[C@H](c1ccccc1)OC2=O. The molecular weight excluding hydrogens is 378 g/mol. The van der Waals surface area contributed by atoms with Crippen LogP contribution in [0.2, 0.25) is 0 Å². The zero-order valence-electron chi connectivity index (χ0n) is 16.3. The Morgan fingerprint density at radius 2 is 1.77 bits per heavy atom. The number of rotatable bonds is 3. The first-order valence-electron chi connectivity index (χ1n) is 10.1. The van der Waals surface area contributed by atoms with Crippen molar-refractivity contribution in [2.75, 3.05) is 6.61 Å². The Morgan fingerprint density at radius 1 is 0.967 bits per heavy atom. The van der Waals surface area contributed by atoms with Gasteiger partial charge in [-0.2, -0.15) is 0 Å². The number of hydrogen-bond donors (Lipinski definition) is 1. The Balaban J connectivity index is 1.38. The predicted octanol–water partition coefficient (Wildman–Crippen LogP) is 4.39. The van der Waals surface area contributed by atoms with Gasteiger partial charge in [-0.3, -0.25) is 4.79 Å². The summed E-state index contributed by atoms with van der Waals surface area (Å²) in [5.74, 6) is 0.304. The van der Waals surface area contributed by atoms with Gasteiger partial charge in [0.25, 0.3) is 5.91 Å². The molecule has 5 heteroatoms. The summed E-state index contributed by atoms with van der Waals surface area (Å²) in [5, 5.41) is 3.12. The van der Waals surface area contributed by atoms with E-state index in [-0.39, 0.29) is 24.0 Å². The van der Waals surface area contributed by atoms with E-state index in [1.165, 1.54) is 0 Å². The molecule has 5 rings (SSSR count). The van der Waals surface area contributed by atoms with Crippen molar-refractivity contribution < 1.29 is 19.1 Å². The predicted molar refractivity (Wildman–Crippen MR) is 112 cm³/mol.